The SMILES string of the molecule is CC(C)(S)C(NC(=O)c1ccc(F)cc1)C(=O)O. The Labute approximate surface area is 110 Å². The fourth-order valence-corrected chi connectivity index (χ4v) is 1.53. The minimum Gasteiger partial charge on any atom is -0.480 e. The molecule has 4 nitrogen and oxygen atoms in total. The summed E-state index contributed by atoms with van der Waals surface area (Å²) in [7, 11) is 0. The molecule has 1 atom stereocenters. The van der Waals surface area contributed by atoms with E-state index in [1.807, 2.05) is 0 Å². The maximum absolute atomic E-state index is 12.7. The van der Waals surface area contributed by atoms with Crippen LogP contribution in [0.15, 0.2) is 24.3 Å². The number of amides is 1. The lowest BCUT2D eigenvalue weighted by Gasteiger charge is -2.26. The van der Waals surface area contributed by atoms with Crippen LogP contribution in [0.1, 0.15) is 24.2 Å². The van der Waals surface area contributed by atoms with Gasteiger partial charge in [0.25, 0.3) is 5.91 Å². The van der Waals surface area contributed by atoms with Crippen molar-refractivity contribution in [3.05, 3.63) is 35.6 Å². The van der Waals surface area contributed by atoms with Gasteiger partial charge in [-0.3, -0.25) is 4.79 Å². The molecule has 0 saturated carbocycles. The number of aliphatic carboxylic acids is 1. The van der Waals surface area contributed by atoms with Crippen LogP contribution in [0.5, 0.6) is 0 Å². The van der Waals surface area contributed by atoms with E-state index >= 15 is 0 Å². The van der Waals surface area contributed by atoms with Crippen LogP contribution in [0.4, 0.5) is 4.39 Å². The highest BCUT2D eigenvalue weighted by Crippen LogP contribution is 2.18. The van der Waals surface area contributed by atoms with Crippen molar-refractivity contribution in [1.82, 2.24) is 5.32 Å². The summed E-state index contributed by atoms with van der Waals surface area (Å²) in [5, 5.41) is 11.4. The second-order valence-corrected chi connectivity index (χ2v) is 5.56. The standard InChI is InChI=1S/C12H14FNO3S/c1-12(2,18)9(11(16)17)14-10(15)7-3-5-8(13)6-4-7/h3-6,9,18H,1-2H3,(H,14,15)(H,16,17). The zero-order chi connectivity index (χ0) is 13.9. The van der Waals surface area contributed by atoms with Crippen LogP contribution < -0.4 is 5.32 Å². The molecule has 0 aromatic heterocycles. The van der Waals surface area contributed by atoms with E-state index in [0.29, 0.717) is 0 Å². The first-order chi connectivity index (χ1) is 8.21. The first-order valence-electron chi connectivity index (χ1n) is 5.23. The summed E-state index contributed by atoms with van der Waals surface area (Å²) in [5.74, 6) is -2.22. The quantitative estimate of drug-likeness (QED) is 0.730. The number of carboxylic acid groups (broad SMARTS) is 1. The second-order valence-electron chi connectivity index (χ2n) is 4.41. The summed E-state index contributed by atoms with van der Waals surface area (Å²) < 4.78 is 11.8. The summed E-state index contributed by atoms with van der Waals surface area (Å²) in [6.45, 7) is 3.17. The smallest absolute Gasteiger partial charge is 0.327 e. The Bertz CT molecular complexity index is 453. The molecule has 0 heterocycles. The number of hydrogen-bond acceptors (Lipinski definition) is 3. The highest BCUT2D eigenvalue weighted by atomic mass is 32.1. The molecule has 0 bridgehead atoms. The Morgan fingerprint density at radius 3 is 2.22 bits per heavy atom. The van der Waals surface area contributed by atoms with Gasteiger partial charge in [0.05, 0.1) is 0 Å². The van der Waals surface area contributed by atoms with E-state index in [1.165, 1.54) is 12.1 Å². The molecular weight excluding hydrogens is 257 g/mol. The van der Waals surface area contributed by atoms with Crippen molar-refractivity contribution in [2.75, 3.05) is 0 Å². The molecule has 6 heteroatoms. The summed E-state index contributed by atoms with van der Waals surface area (Å²) in [6.07, 6.45) is 0. The fourth-order valence-electron chi connectivity index (χ4n) is 1.36. The van der Waals surface area contributed by atoms with Crippen molar-refractivity contribution in [2.24, 2.45) is 0 Å². The summed E-state index contributed by atoms with van der Waals surface area (Å²) in [4.78, 5) is 22.8. The molecule has 0 aliphatic heterocycles. The van der Waals surface area contributed by atoms with Gasteiger partial charge in [-0.1, -0.05) is 0 Å². The summed E-state index contributed by atoms with van der Waals surface area (Å²) in [5.41, 5.74) is 0.195. The van der Waals surface area contributed by atoms with E-state index in [2.05, 4.69) is 17.9 Å². The van der Waals surface area contributed by atoms with E-state index in [0.717, 1.165) is 12.1 Å². The van der Waals surface area contributed by atoms with Crippen LogP contribution in [-0.4, -0.2) is 27.8 Å². The Kier molecular flexibility index (Phi) is 4.34. The number of hydrogen-bond donors (Lipinski definition) is 3. The maximum atomic E-state index is 12.7. The van der Waals surface area contributed by atoms with Gasteiger partial charge in [-0.05, 0) is 38.1 Å². The van der Waals surface area contributed by atoms with Crippen LogP contribution in [0.25, 0.3) is 0 Å². The van der Waals surface area contributed by atoms with Crippen LogP contribution >= 0.6 is 12.6 Å². The molecule has 1 aromatic rings. The van der Waals surface area contributed by atoms with Crippen LogP contribution in [-0.2, 0) is 4.79 Å². The van der Waals surface area contributed by atoms with Gasteiger partial charge in [0, 0.05) is 10.3 Å². The molecule has 2 N–H and O–H groups in total. The zero-order valence-electron chi connectivity index (χ0n) is 9.98. The first kappa shape index (κ1) is 14.5. The largest absolute Gasteiger partial charge is 0.480 e. The number of rotatable bonds is 4. The lowest BCUT2D eigenvalue weighted by molar-refractivity contribution is -0.139. The molecule has 1 aromatic carbocycles. The van der Waals surface area contributed by atoms with Crippen molar-refractivity contribution in [3.8, 4) is 0 Å². The van der Waals surface area contributed by atoms with Gasteiger partial charge >= 0.3 is 5.97 Å². The van der Waals surface area contributed by atoms with Crippen molar-refractivity contribution in [1.29, 1.82) is 0 Å². The highest BCUT2D eigenvalue weighted by Gasteiger charge is 2.33. The van der Waals surface area contributed by atoms with Gasteiger partial charge in [-0.2, -0.15) is 12.6 Å². The van der Waals surface area contributed by atoms with E-state index in [9.17, 15) is 14.0 Å². The number of carbonyl (C=O) groups excluding carboxylic acids is 1. The Morgan fingerprint density at radius 2 is 1.83 bits per heavy atom. The molecule has 18 heavy (non-hydrogen) atoms. The molecule has 0 aliphatic carbocycles. The molecule has 0 spiro atoms. The summed E-state index contributed by atoms with van der Waals surface area (Å²) in [6, 6.07) is 3.70. The topological polar surface area (TPSA) is 66.4 Å². The third-order valence-corrected chi connectivity index (χ3v) is 2.59. The zero-order valence-corrected chi connectivity index (χ0v) is 10.9. The Balaban J connectivity index is 2.86. The summed E-state index contributed by atoms with van der Waals surface area (Å²) >= 11 is 4.14. The van der Waals surface area contributed by atoms with E-state index < -0.39 is 28.5 Å². The predicted molar refractivity (Wildman–Crippen MR) is 68.4 cm³/mol. The minimum absolute atomic E-state index is 0.195. The fraction of sp³-hybridized carbons (Fsp3) is 0.333. The molecule has 1 unspecified atom stereocenters. The third-order valence-electron chi connectivity index (χ3n) is 2.34. The van der Waals surface area contributed by atoms with Crippen molar-refractivity contribution in [3.63, 3.8) is 0 Å². The van der Waals surface area contributed by atoms with E-state index in [1.54, 1.807) is 13.8 Å². The van der Waals surface area contributed by atoms with Gasteiger partial charge in [-0.25, -0.2) is 9.18 Å². The minimum atomic E-state index is -1.18. The maximum Gasteiger partial charge on any atom is 0.327 e. The van der Waals surface area contributed by atoms with Gasteiger partial charge in [-0.15, -0.1) is 0 Å². The van der Waals surface area contributed by atoms with E-state index in [4.69, 9.17) is 5.11 Å². The number of carboxylic acids is 1. The number of carbonyl (C=O) groups is 2. The van der Waals surface area contributed by atoms with Crippen LogP contribution in [0, 0.1) is 5.82 Å². The first-order valence-corrected chi connectivity index (χ1v) is 5.68. The van der Waals surface area contributed by atoms with Crippen molar-refractivity contribution in [2.45, 2.75) is 24.6 Å². The molecular formula is C12H14FNO3S. The normalized spacial score (nSPS) is 12.9. The molecule has 0 saturated heterocycles. The number of nitrogens with one attached hydrogen (secondary N) is 1. The lowest BCUT2D eigenvalue weighted by Crippen LogP contribution is -2.51. The van der Waals surface area contributed by atoms with Gasteiger partial charge < -0.3 is 10.4 Å². The number of halogens is 1. The van der Waals surface area contributed by atoms with Crippen LogP contribution in [0.2, 0.25) is 0 Å². The second kappa shape index (κ2) is 5.39. The molecule has 1 amide bonds. The third kappa shape index (κ3) is 3.73. The average molecular weight is 271 g/mol. The molecule has 0 radical (unpaired) electrons. The predicted octanol–water partition coefficient (Wildman–Crippen LogP) is 1.72. The lowest BCUT2D eigenvalue weighted by atomic mass is 10.0. The van der Waals surface area contributed by atoms with Crippen molar-refractivity contribution >= 4 is 24.5 Å². The molecule has 0 aliphatic rings. The molecule has 98 valence electrons. The number of benzene rings is 1. The Hall–Kier alpha value is -1.56. The van der Waals surface area contributed by atoms with E-state index in [-0.39, 0.29) is 5.56 Å². The van der Waals surface area contributed by atoms with Gasteiger partial charge in [0.1, 0.15) is 11.9 Å². The van der Waals surface area contributed by atoms with Crippen LogP contribution in [0.3, 0.4) is 0 Å². The van der Waals surface area contributed by atoms with Gasteiger partial charge in [0.2, 0.25) is 0 Å². The van der Waals surface area contributed by atoms with Gasteiger partial charge in [0.15, 0.2) is 0 Å². The highest BCUT2D eigenvalue weighted by molar-refractivity contribution is 7.81. The number of thiol groups is 1. The van der Waals surface area contributed by atoms with Crippen molar-refractivity contribution < 1.29 is 19.1 Å². The monoisotopic (exact) mass is 271 g/mol. The average Bonchev–Trinajstić information content (AvgIpc) is 2.24. The molecule has 0 fully saturated rings. The molecule has 1 rings (SSSR count). The Morgan fingerprint density at radius 1 is 1.33 bits per heavy atom.